The molecule has 0 saturated carbocycles. The van der Waals surface area contributed by atoms with Crippen LogP contribution in [0.15, 0.2) is 28.7 Å². The number of aliphatic hydroxyl groups excluding tert-OH is 1. The fourth-order valence-corrected chi connectivity index (χ4v) is 3.87. The minimum Gasteiger partial charge on any atom is -0.461 e. The van der Waals surface area contributed by atoms with Crippen molar-refractivity contribution >= 4 is 16.9 Å². The van der Waals surface area contributed by atoms with Gasteiger partial charge in [0.2, 0.25) is 0 Å². The predicted molar refractivity (Wildman–Crippen MR) is 107 cm³/mol. The summed E-state index contributed by atoms with van der Waals surface area (Å²) in [4.78, 5) is 19.3. The Morgan fingerprint density at radius 3 is 2.63 bits per heavy atom. The molecule has 0 spiro atoms. The number of hydrogen-bond acceptors (Lipinski definition) is 5. The van der Waals surface area contributed by atoms with Gasteiger partial charge in [-0.2, -0.15) is 0 Å². The van der Waals surface area contributed by atoms with Crippen LogP contribution >= 0.6 is 0 Å². The third-order valence-corrected chi connectivity index (χ3v) is 5.46. The average molecular weight is 373 g/mol. The molecule has 2 atom stereocenters. The van der Waals surface area contributed by atoms with Crippen molar-refractivity contribution in [1.29, 1.82) is 0 Å². The summed E-state index contributed by atoms with van der Waals surface area (Å²) in [5.41, 5.74) is 1.49. The fourth-order valence-electron chi connectivity index (χ4n) is 3.87. The monoisotopic (exact) mass is 373 g/mol. The van der Waals surface area contributed by atoms with Gasteiger partial charge in [-0.15, -0.1) is 0 Å². The molecule has 1 aliphatic rings. The first kappa shape index (κ1) is 19.9. The van der Waals surface area contributed by atoms with Gasteiger partial charge in [-0.25, -0.2) is 0 Å². The Bertz CT molecular complexity index is 786. The summed E-state index contributed by atoms with van der Waals surface area (Å²) in [5, 5.41) is 10.8. The number of fused-ring (bicyclic) bond motifs is 1. The molecule has 1 aliphatic heterocycles. The largest absolute Gasteiger partial charge is 0.461 e. The summed E-state index contributed by atoms with van der Waals surface area (Å²) in [5.74, 6) is 1.31. The van der Waals surface area contributed by atoms with Gasteiger partial charge in [0.1, 0.15) is 11.3 Å². The molecule has 0 radical (unpaired) electrons. The van der Waals surface area contributed by atoms with Crippen LogP contribution in [0.1, 0.15) is 16.1 Å². The van der Waals surface area contributed by atoms with Crippen LogP contribution in [0.2, 0.25) is 0 Å². The Labute approximate surface area is 161 Å². The fraction of sp³-hybridized carbons (Fsp3) is 0.571. The lowest BCUT2D eigenvalue weighted by Gasteiger charge is -2.25. The second-order valence-electron chi connectivity index (χ2n) is 8.09. The lowest BCUT2D eigenvalue weighted by atomic mass is 9.96. The standard InChI is InChI=1S/C21H31N3O3/c1-15-9-17-10-16(5-6-20(17)27-15)21(26)24-12-18(19(13-24)14-25)11-23(4)8-7-22(2)3/h5-6,9-10,18-19,25H,7-8,11-14H2,1-4H3/t18-,19-/m1/s1. The normalized spacial score (nSPS) is 20.3. The lowest BCUT2D eigenvalue weighted by Crippen LogP contribution is -2.35. The highest BCUT2D eigenvalue weighted by atomic mass is 16.3. The van der Waals surface area contributed by atoms with E-state index in [1.807, 2.05) is 36.1 Å². The molecule has 1 fully saturated rings. The SMILES string of the molecule is Cc1cc2cc(C(=O)N3C[C@@H](CN(C)CCN(C)C)[C@@H](CO)C3)ccc2o1. The zero-order valence-corrected chi connectivity index (χ0v) is 16.8. The zero-order chi connectivity index (χ0) is 19.6. The highest BCUT2D eigenvalue weighted by Gasteiger charge is 2.35. The molecule has 148 valence electrons. The van der Waals surface area contributed by atoms with E-state index in [1.54, 1.807) is 0 Å². The molecule has 0 aliphatic carbocycles. The molecule has 1 aromatic carbocycles. The molecule has 0 bridgehead atoms. The third-order valence-electron chi connectivity index (χ3n) is 5.46. The number of likely N-dealkylation sites (tertiary alicyclic amines) is 1. The predicted octanol–water partition coefficient (Wildman–Crippen LogP) is 1.92. The number of aliphatic hydroxyl groups is 1. The number of furan rings is 1. The molecule has 2 aromatic rings. The van der Waals surface area contributed by atoms with Gasteiger partial charge >= 0.3 is 0 Å². The van der Waals surface area contributed by atoms with Crippen molar-refractivity contribution in [2.45, 2.75) is 6.92 Å². The average Bonchev–Trinajstić information content (AvgIpc) is 3.20. The molecule has 1 aromatic heterocycles. The summed E-state index contributed by atoms with van der Waals surface area (Å²) in [6, 6.07) is 7.55. The van der Waals surface area contributed by atoms with Gasteiger partial charge in [0.25, 0.3) is 5.91 Å². The van der Waals surface area contributed by atoms with Crippen LogP contribution < -0.4 is 0 Å². The van der Waals surface area contributed by atoms with Gasteiger partial charge < -0.3 is 24.2 Å². The van der Waals surface area contributed by atoms with E-state index in [2.05, 4.69) is 30.9 Å². The molecule has 2 heterocycles. The minimum absolute atomic E-state index is 0.0349. The van der Waals surface area contributed by atoms with Gasteiger partial charge in [-0.1, -0.05) is 0 Å². The summed E-state index contributed by atoms with van der Waals surface area (Å²) < 4.78 is 5.60. The molecular weight excluding hydrogens is 342 g/mol. The molecule has 1 amide bonds. The van der Waals surface area contributed by atoms with Crippen LogP contribution in [-0.4, -0.2) is 86.2 Å². The summed E-state index contributed by atoms with van der Waals surface area (Å²) >= 11 is 0. The number of likely N-dealkylation sites (N-methyl/N-ethyl adjacent to an activating group) is 2. The maximum absolute atomic E-state index is 13.0. The van der Waals surface area contributed by atoms with Crippen molar-refractivity contribution in [2.24, 2.45) is 11.8 Å². The van der Waals surface area contributed by atoms with E-state index < -0.39 is 0 Å². The maximum Gasteiger partial charge on any atom is 0.253 e. The first-order chi connectivity index (χ1) is 12.9. The van der Waals surface area contributed by atoms with Crippen LogP contribution in [0.4, 0.5) is 0 Å². The number of carbonyl (C=O) groups is 1. The van der Waals surface area contributed by atoms with Crippen LogP contribution in [0, 0.1) is 18.8 Å². The summed E-state index contributed by atoms with van der Waals surface area (Å²) in [7, 11) is 6.24. The number of amides is 1. The molecular formula is C21H31N3O3. The van der Waals surface area contributed by atoms with Crippen LogP contribution in [0.5, 0.6) is 0 Å². The van der Waals surface area contributed by atoms with Crippen LogP contribution in [-0.2, 0) is 0 Å². The molecule has 3 rings (SSSR count). The van der Waals surface area contributed by atoms with Gasteiger partial charge in [0.05, 0.1) is 0 Å². The van der Waals surface area contributed by atoms with Crippen molar-refractivity contribution in [3.63, 3.8) is 0 Å². The Morgan fingerprint density at radius 2 is 1.93 bits per heavy atom. The number of nitrogens with zero attached hydrogens (tertiary/aromatic N) is 3. The number of benzene rings is 1. The van der Waals surface area contributed by atoms with E-state index in [0.717, 1.165) is 36.4 Å². The minimum atomic E-state index is 0.0349. The van der Waals surface area contributed by atoms with Crippen molar-refractivity contribution in [1.82, 2.24) is 14.7 Å². The highest BCUT2D eigenvalue weighted by molar-refractivity contribution is 5.98. The first-order valence-corrected chi connectivity index (χ1v) is 9.61. The quantitative estimate of drug-likeness (QED) is 0.803. The number of hydrogen-bond donors (Lipinski definition) is 1. The molecule has 1 saturated heterocycles. The van der Waals surface area contributed by atoms with Crippen molar-refractivity contribution in [3.05, 3.63) is 35.6 Å². The first-order valence-electron chi connectivity index (χ1n) is 9.61. The number of rotatable bonds is 7. The smallest absolute Gasteiger partial charge is 0.253 e. The van der Waals surface area contributed by atoms with E-state index in [1.165, 1.54) is 0 Å². The maximum atomic E-state index is 13.0. The lowest BCUT2D eigenvalue weighted by molar-refractivity contribution is 0.0779. The van der Waals surface area contributed by atoms with E-state index in [-0.39, 0.29) is 18.4 Å². The Hall–Kier alpha value is -1.89. The van der Waals surface area contributed by atoms with Gasteiger partial charge in [-0.05, 0) is 58.3 Å². The Kier molecular flexibility index (Phi) is 6.19. The van der Waals surface area contributed by atoms with E-state index in [9.17, 15) is 9.90 Å². The molecule has 27 heavy (non-hydrogen) atoms. The molecule has 0 unspecified atom stereocenters. The van der Waals surface area contributed by atoms with Gasteiger partial charge in [-0.3, -0.25) is 4.79 Å². The topological polar surface area (TPSA) is 60.2 Å². The van der Waals surface area contributed by atoms with Crippen LogP contribution in [0.3, 0.4) is 0 Å². The third kappa shape index (κ3) is 4.69. The summed E-state index contributed by atoms with van der Waals surface area (Å²) in [6.07, 6.45) is 0. The Morgan fingerprint density at radius 1 is 1.19 bits per heavy atom. The van der Waals surface area contributed by atoms with E-state index >= 15 is 0 Å². The highest BCUT2D eigenvalue weighted by Crippen LogP contribution is 2.27. The molecule has 6 heteroatoms. The van der Waals surface area contributed by atoms with Crippen molar-refractivity contribution in [2.75, 3.05) is 60.5 Å². The van der Waals surface area contributed by atoms with Gasteiger partial charge in [0, 0.05) is 56.2 Å². The summed E-state index contributed by atoms with van der Waals surface area (Å²) in [6.45, 7) is 6.21. The zero-order valence-electron chi connectivity index (χ0n) is 16.8. The van der Waals surface area contributed by atoms with E-state index in [0.29, 0.717) is 24.6 Å². The number of aryl methyl sites for hydroxylation is 1. The van der Waals surface area contributed by atoms with Crippen LogP contribution in [0.25, 0.3) is 11.0 Å². The number of carbonyl (C=O) groups excluding carboxylic acids is 1. The molecule has 6 nitrogen and oxygen atoms in total. The van der Waals surface area contributed by atoms with E-state index in [4.69, 9.17) is 4.42 Å². The second-order valence-corrected chi connectivity index (χ2v) is 8.09. The van der Waals surface area contributed by atoms with Gasteiger partial charge in [0.15, 0.2) is 0 Å². The van der Waals surface area contributed by atoms with Crippen molar-refractivity contribution < 1.29 is 14.3 Å². The Balaban J connectivity index is 1.66. The molecule has 1 N–H and O–H groups in total. The second kappa shape index (κ2) is 8.42. The van der Waals surface area contributed by atoms with Crippen molar-refractivity contribution in [3.8, 4) is 0 Å².